The molecule has 1 aromatic heterocycles. The number of ether oxygens (including phenoxy) is 1. The Morgan fingerprint density at radius 1 is 0.974 bits per heavy atom. The van der Waals surface area contributed by atoms with E-state index in [0.29, 0.717) is 10.7 Å². The van der Waals surface area contributed by atoms with Crippen LogP contribution >= 0.6 is 11.6 Å². The van der Waals surface area contributed by atoms with Crippen LogP contribution in [0.2, 0.25) is 5.02 Å². The van der Waals surface area contributed by atoms with Gasteiger partial charge in [-0.3, -0.25) is 20.4 Å². The number of hydrogen-bond donors (Lipinski definition) is 4. The highest BCUT2D eigenvalue weighted by Crippen LogP contribution is 2.48. The summed E-state index contributed by atoms with van der Waals surface area (Å²) in [6.07, 6.45) is -2.86. The van der Waals surface area contributed by atoms with E-state index in [2.05, 4.69) is 36.4 Å². The summed E-state index contributed by atoms with van der Waals surface area (Å²) in [7, 11) is 0. The minimum absolute atomic E-state index is 0.0230. The lowest BCUT2D eigenvalue weighted by atomic mass is 10.1. The molecule has 4 N–H and O–H groups in total. The number of anilines is 3. The van der Waals surface area contributed by atoms with E-state index >= 15 is 0 Å². The number of rotatable bonds is 9. The number of nitrogens with one attached hydrogen (secondary N) is 4. The molecule has 0 aliphatic heterocycles. The monoisotopic (exact) mass is 549 g/mol. The number of aromatic nitrogens is 3. The van der Waals surface area contributed by atoms with Gasteiger partial charge in [-0.15, -0.1) is 0 Å². The Labute approximate surface area is 220 Å². The Hall–Kier alpha value is -4.13. The van der Waals surface area contributed by atoms with E-state index in [1.165, 1.54) is 12.1 Å². The summed E-state index contributed by atoms with van der Waals surface area (Å²) in [4.78, 5) is 35.7. The van der Waals surface area contributed by atoms with Crippen molar-refractivity contribution in [3.05, 3.63) is 64.7 Å². The first-order valence-electron chi connectivity index (χ1n) is 11.5. The second-order valence-corrected chi connectivity index (χ2v) is 8.88. The quantitative estimate of drug-likeness (QED) is 0.287. The third kappa shape index (κ3) is 7.22. The summed E-state index contributed by atoms with van der Waals surface area (Å²) in [6, 6.07) is 12.7. The van der Waals surface area contributed by atoms with Crippen molar-refractivity contribution >= 4 is 41.0 Å². The second kappa shape index (κ2) is 11.1. The molecule has 0 radical (unpaired) electrons. The summed E-state index contributed by atoms with van der Waals surface area (Å²) in [5, 5.41) is 6.64. The van der Waals surface area contributed by atoms with E-state index < -0.39 is 30.2 Å². The molecular weight excluding hydrogens is 527 g/mol. The average Bonchev–Trinajstić information content (AvgIpc) is 3.66. The number of hydrogen-bond acceptors (Lipinski definition) is 8. The van der Waals surface area contributed by atoms with Crippen LogP contribution in [-0.2, 0) is 10.3 Å². The number of hydrazine groups is 1. The van der Waals surface area contributed by atoms with E-state index in [1.54, 1.807) is 31.2 Å². The molecule has 1 saturated carbocycles. The maximum absolute atomic E-state index is 12.8. The normalized spacial score (nSPS) is 13.8. The van der Waals surface area contributed by atoms with Gasteiger partial charge in [0.15, 0.2) is 6.61 Å². The summed E-state index contributed by atoms with van der Waals surface area (Å²) in [6.45, 7) is 0.0718. The van der Waals surface area contributed by atoms with Crippen molar-refractivity contribution in [2.24, 2.45) is 0 Å². The molecule has 1 fully saturated rings. The van der Waals surface area contributed by atoms with Crippen molar-refractivity contribution in [1.29, 1.82) is 0 Å². The van der Waals surface area contributed by atoms with Gasteiger partial charge in [0, 0.05) is 22.7 Å². The molecule has 1 aliphatic carbocycles. The summed E-state index contributed by atoms with van der Waals surface area (Å²) < 4.78 is 43.0. The van der Waals surface area contributed by atoms with Crippen molar-refractivity contribution in [1.82, 2.24) is 25.8 Å². The highest BCUT2D eigenvalue weighted by molar-refractivity contribution is 6.30. The van der Waals surface area contributed by atoms with Crippen molar-refractivity contribution in [3.63, 3.8) is 0 Å². The second-order valence-electron chi connectivity index (χ2n) is 8.44. The Balaban J connectivity index is 1.52. The number of nitrogens with zero attached hydrogens (tertiary/aromatic N) is 3. The fraction of sp³-hybridized carbons (Fsp3) is 0.292. The number of carbonyl (C=O) groups is 2. The first-order chi connectivity index (χ1) is 18.0. The number of carbonyl (C=O) groups excluding carboxylic acids is 2. The van der Waals surface area contributed by atoms with Crippen LogP contribution in [-0.4, -0.2) is 39.5 Å². The highest BCUT2D eigenvalue weighted by atomic mass is 35.5. The minimum atomic E-state index is -4.58. The largest absolute Gasteiger partial charge is 0.454 e. The first-order valence-corrected chi connectivity index (χ1v) is 11.9. The van der Waals surface area contributed by atoms with E-state index in [1.807, 2.05) is 12.1 Å². The molecule has 1 aliphatic rings. The molecule has 4 rings (SSSR count). The number of alkyl halides is 3. The molecule has 0 atom stereocenters. The molecule has 2 amide bonds. The van der Waals surface area contributed by atoms with Gasteiger partial charge in [0.1, 0.15) is 0 Å². The van der Waals surface area contributed by atoms with E-state index in [-0.39, 0.29) is 29.8 Å². The number of benzene rings is 2. The van der Waals surface area contributed by atoms with Crippen LogP contribution < -0.4 is 26.2 Å². The zero-order valence-corrected chi connectivity index (χ0v) is 20.8. The van der Waals surface area contributed by atoms with Gasteiger partial charge in [-0.25, -0.2) is 0 Å². The molecule has 2 aromatic carbocycles. The van der Waals surface area contributed by atoms with Gasteiger partial charge in [0.2, 0.25) is 17.8 Å². The number of halogens is 4. The molecule has 10 nitrogen and oxygen atoms in total. The molecule has 0 spiro atoms. The van der Waals surface area contributed by atoms with Gasteiger partial charge in [-0.2, -0.15) is 28.1 Å². The van der Waals surface area contributed by atoms with Gasteiger partial charge in [-0.05, 0) is 54.8 Å². The van der Waals surface area contributed by atoms with Crippen LogP contribution in [0, 0.1) is 0 Å². The standard InChI is InChI=1S/C24H23ClF3N7O3/c1-2-18(36)34-35-19(37)14-3-9-17(10-4-14)29-20-30-21(32-22(31-20)38-13-24(26,27)28)33-23(11-12-23)15-5-7-16(25)8-6-15/h3-10H,2,11-13H2,1H3,(H,34,36)(H,35,37)(H2,29,30,31,32,33). The molecule has 200 valence electrons. The van der Waals surface area contributed by atoms with Gasteiger partial charge in [0.05, 0.1) is 5.54 Å². The maximum Gasteiger partial charge on any atom is 0.422 e. The van der Waals surface area contributed by atoms with E-state index in [0.717, 1.165) is 18.4 Å². The lowest BCUT2D eigenvalue weighted by Crippen LogP contribution is -2.41. The third-order valence-corrected chi connectivity index (χ3v) is 5.77. The number of amides is 2. The van der Waals surface area contributed by atoms with Gasteiger partial charge >= 0.3 is 12.2 Å². The fourth-order valence-electron chi connectivity index (χ4n) is 3.39. The zero-order valence-electron chi connectivity index (χ0n) is 20.0. The van der Waals surface area contributed by atoms with Crippen molar-refractivity contribution in [3.8, 4) is 6.01 Å². The average molecular weight is 550 g/mol. The molecule has 0 bridgehead atoms. The Morgan fingerprint density at radius 3 is 2.24 bits per heavy atom. The topological polar surface area (TPSA) is 130 Å². The van der Waals surface area contributed by atoms with Crippen molar-refractivity contribution < 1.29 is 27.5 Å². The zero-order chi connectivity index (χ0) is 27.3. The highest BCUT2D eigenvalue weighted by Gasteiger charge is 2.45. The van der Waals surface area contributed by atoms with E-state index in [9.17, 15) is 22.8 Å². The molecule has 3 aromatic rings. The summed E-state index contributed by atoms with van der Waals surface area (Å²) >= 11 is 5.98. The van der Waals surface area contributed by atoms with Gasteiger partial charge in [-0.1, -0.05) is 30.7 Å². The molecule has 0 saturated heterocycles. The third-order valence-electron chi connectivity index (χ3n) is 5.52. The van der Waals surface area contributed by atoms with Crippen LogP contribution in [0.4, 0.5) is 30.8 Å². The van der Waals surface area contributed by atoms with E-state index in [4.69, 9.17) is 16.3 Å². The van der Waals surface area contributed by atoms with Crippen LogP contribution in [0.5, 0.6) is 6.01 Å². The summed E-state index contributed by atoms with van der Waals surface area (Å²) in [5.74, 6) is -0.915. The Morgan fingerprint density at radius 2 is 1.63 bits per heavy atom. The maximum atomic E-state index is 12.8. The van der Waals surface area contributed by atoms with Crippen molar-refractivity contribution in [2.75, 3.05) is 17.2 Å². The van der Waals surface area contributed by atoms with Crippen LogP contribution in [0.3, 0.4) is 0 Å². The first kappa shape index (κ1) is 26.9. The van der Waals surface area contributed by atoms with Crippen LogP contribution in [0.25, 0.3) is 0 Å². The predicted octanol–water partition coefficient (Wildman–Crippen LogP) is 4.48. The smallest absolute Gasteiger partial charge is 0.422 e. The molecular formula is C24H23ClF3N7O3. The molecule has 14 heteroatoms. The molecule has 0 unspecified atom stereocenters. The van der Waals surface area contributed by atoms with Crippen LogP contribution in [0.15, 0.2) is 48.5 Å². The minimum Gasteiger partial charge on any atom is -0.454 e. The SMILES string of the molecule is CCC(=O)NNC(=O)c1ccc(Nc2nc(NC3(c4ccc(Cl)cc4)CC3)nc(OCC(F)(F)F)n2)cc1. The Kier molecular flexibility index (Phi) is 7.86. The lowest BCUT2D eigenvalue weighted by Gasteiger charge is -2.19. The van der Waals surface area contributed by atoms with Crippen LogP contribution in [0.1, 0.15) is 42.1 Å². The fourth-order valence-corrected chi connectivity index (χ4v) is 3.52. The Bertz CT molecular complexity index is 1300. The molecule has 1 heterocycles. The van der Waals surface area contributed by atoms with Crippen molar-refractivity contribution in [2.45, 2.75) is 37.9 Å². The van der Waals surface area contributed by atoms with Gasteiger partial charge in [0.25, 0.3) is 5.91 Å². The predicted molar refractivity (Wildman–Crippen MR) is 133 cm³/mol. The van der Waals surface area contributed by atoms with Gasteiger partial charge < -0.3 is 15.4 Å². The summed E-state index contributed by atoms with van der Waals surface area (Å²) in [5.41, 5.74) is 5.70. The lowest BCUT2D eigenvalue weighted by molar-refractivity contribution is -0.154. The molecule has 38 heavy (non-hydrogen) atoms.